The van der Waals surface area contributed by atoms with Gasteiger partial charge in [0, 0.05) is 31.2 Å². The van der Waals surface area contributed by atoms with Crippen LogP contribution in [0.25, 0.3) is 0 Å². The Morgan fingerprint density at radius 1 is 1.35 bits per heavy atom. The number of amides is 1. The SMILES string of the molecule is C[C@@H]1CN(C(=O)c2ccc(OC(F)(F)F)cc2)CCN1. The van der Waals surface area contributed by atoms with Crippen LogP contribution in [-0.2, 0) is 0 Å². The highest BCUT2D eigenvalue weighted by Crippen LogP contribution is 2.23. The summed E-state index contributed by atoms with van der Waals surface area (Å²) >= 11 is 0. The van der Waals surface area contributed by atoms with Gasteiger partial charge >= 0.3 is 6.36 Å². The molecule has 1 aliphatic heterocycles. The van der Waals surface area contributed by atoms with Crippen molar-refractivity contribution in [3.05, 3.63) is 29.8 Å². The van der Waals surface area contributed by atoms with Gasteiger partial charge in [-0.15, -0.1) is 13.2 Å². The molecule has 4 nitrogen and oxygen atoms in total. The Labute approximate surface area is 114 Å². The third-order valence-electron chi connectivity index (χ3n) is 2.99. The topological polar surface area (TPSA) is 41.6 Å². The van der Waals surface area contributed by atoms with E-state index in [2.05, 4.69) is 10.1 Å². The van der Waals surface area contributed by atoms with Gasteiger partial charge in [0.25, 0.3) is 5.91 Å². The van der Waals surface area contributed by atoms with Gasteiger partial charge in [-0.25, -0.2) is 0 Å². The Hall–Kier alpha value is -1.76. The Morgan fingerprint density at radius 3 is 2.55 bits per heavy atom. The average Bonchev–Trinajstić information content (AvgIpc) is 2.37. The van der Waals surface area contributed by atoms with Crippen molar-refractivity contribution in [3.8, 4) is 5.75 Å². The van der Waals surface area contributed by atoms with Crippen LogP contribution in [0.5, 0.6) is 5.75 Å². The van der Waals surface area contributed by atoms with Crippen LogP contribution in [0, 0.1) is 0 Å². The molecule has 1 aromatic carbocycles. The van der Waals surface area contributed by atoms with Crippen LogP contribution in [0.1, 0.15) is 17.3 Å². The van der Waals surface area contributed by atoms with E-state index in [4.69, 9.17) is 0 Å². The van der Waals surface area contributed by atoms with Crippen molar-refractivity contribution in [2.45, 2.75) is 19.3 Å². The number of nitrogens with zero attached hydrogens (tertiary/aromatic N) is 1. The first-order chi connectivity index (χ1) is 9.35. The summed E-state index contributed by atoms with van der Waals surface area (Å²) in [6.07, 6.45) is -4.72. The van der Waals surface area contributed by atoms with Gasteiger partial charge in [-0.05, 0) is 31.2 Å². The third-order valence-corrected chi connectivity index (χ3v) is 2.99. The second-order valence-electron chi connectivity index (χ2n) is 4.68. The molecule has 0 aliphatic carbocycles. The Morgan fingerprint density at radius 2 is 2.00 bits per heavy atom. The summed E-state index contributed by atoms with van der Waals surface area (Å²) < 4.78 is 39.9. The highest BCUT2D eigenvalue weighted by Gasteiger charge is 2.31. The number of ether oxygens (including phenoxy) is 1. The van der Waals surface area contributed by atoms with E-state index in [0.29, 0.717) is 25.2 Å². The zero-order valence-corrected chi connectivity index (χ0v) is 10.9. The number of hydrogen-bond donors (Lipinski definition) is 1. The highest BCUT2D eigenvalue weighted by atomic mass is 19.4. The Kier molecular flexibility index (Phi) is 4.17. The molecule has 0 radical (unpaired) electrons. The summed E-state index contributed by atoms with van der Waals surface area (Å²) in [6.45, 7) is 3.85. The van der Waals surface area contributed by atoms with Crippen molar-refractivity contribution in [2.75, 3.05) is 19.6 Å². The van der Waals surface area contributed by atoms with E-state index in [-0.39, 0.29) is 17.7 Å². The molecule has 2 rings (SSSR count). The number of carbonyl (C=O) groups is 1. The lowest BCUT2D eigenvalue weighted by Crippen LogP contribution is -2.51. The number of hydrogen-bond acceptors (Lipinski definition) is 3. The van der Waals surface area contributed by atoms with E-state index >= 15 is 0 Å². The van der Waals surface area contributed by atoms with Crippen LogP contribution in [0.2, 0.25) is 0 Å². The van der Waals surface area contributed by atoms with Gasteiger partial charge in [0.15, 0.2) is 0 Å². The van der Waals surface area contributed by atoms with E-state index in [9.17, 15) is 18.0 Å². The van der Waals surface area contributed by atoms with Gasteiger partial charge in [0.1, 0.15) is 5.75 Å². The normalized spacial score (nSPS) is 19.8. The summed E-state index contributed by atoms with van der Waals surface area (Å²) in [5.41, 5.74) is 0.355. The molecule has 1 aromatic rings. The quantitative estimate of drug-likeness (QED) is 0.905. The summed E-state index contributed by atoms with van der Waals surface area (Å²) in [7, 11) is 0. The molecular formula is C13H15F3N2O2. The number of alkyl halides is 3. The van der Waals surface area contributed by atoms with E-state index in [1.54, 1.807) is 4.90 Å². The van der Waals surface area contributed by atoms with E-state index in [1.807, 2.05) is 6.92 Å². The number of halogens is 3. The van der Waals surface area contributed by atoms with Gasteiger partial charge in [0.2, 0.25) is 0 Å². The van der Waals surface area contributed by atoms with E-state index < -0.39 is 6.36 Å². The minimum atomic E-state index is -4.72. The minimum absolute atomic E-state index is 0.183. The fourth-order valence-electron chi connectivity index (χ4n) is 2.10. The van der Waals surface area contributed by atoms with Gasteiger partial charge < -0.3 is 15.0 Å². The maximum atomic E-state index is 12.2. The molecule has 1 aliphatic rings. The van der Waals surface area contributed by atoms with Gasteiger partial charge in [-0.2, -0.15) is 0 Å². The lowest BCUT2D eigenvalue weighted by Gasteiger charge is -2.32. The van der Waals surface area contributed by atoms with Crippen molar-refractivity contribution in [1.82, 2.24) is 10.2 Å². The second-order valence-corrected chi connectivity index (χ2v) is 4.68. The number of carbonyl (C=O) groups excluding carboxylic acids is 1. The van der Waals surface area contributed by atoms with Crippen molar-refractivity contribution in [1.29, 1.82) is 0 Å². The number of piperazine rings is 1. The maximum absolute atomic E-state index is 12.2. The lowest BCUT2D eigenvalue weighted by molar-refractivity contribution is -0.274. The lowest BCUT2D eigenvalue weighted by atomic mass is 10.1. The predicted octanol–water partition coefficient (Wildman–Crippen LogP) is 2.02. The monoisotopic (exact) mass is 288 g/mol. The molecule has 1 fully saturated rings. The number of rotatable bonds is 2. The first-order valence-corrected chi connectivity index (χ1v) is 6.23. The van der Waals surface area contributed by atoms with Crippen LogP contribution in [0.15, 0.2) is 24.3 Å². The number of benzene rings is 1. The second kappa shape index (κ2) is 5.70. The Balaban J connectivity index is 2.04. The molecule has 0 saturated carbocycles. The van der Waals surface area contributed by atoms with E-state index in [1.165, 1.54) is 12.1 Å². The first-order valence-electron chi connectivity index (χ1n) is 6.23. The van der Waals surface area contributed by atoms with Crippen LogP contribution in [-0.4, -0.2) is 42.8 Å². The van der Waals surface area contributed by atoms with Crippen molar-refractivity contribution in [3.63, 3.8) is 0 Å². The van der Waals surface area contributed by atoms with Crippen molar-refractivity contribution < 1.29 is 22.7 Å². The third kappa shape index (κ3) is 3.86. The molecular weight excluding hydrogens is 273 g/mol. The van der Waals surface area contributed by atoms with Gasteiger partial charge in [0.05, 0.1) is 0 Å². The average molecular weight is 288 g/mol. The van der Waals surface area contributed by atoms with Crippen LogP contribution >= 0.6 is 0 Å². The zero-order valence-electron chi connectivity index (χ0n) is 10.9. The van der Waals surface area contributed by atoms with E-state index in [0.717, 1.165) is 12.1 Å². The molecule has 0 spiro atoms. The molecule has 1 amide bonds. The fourth-order valence-corrected chi connectivity index (χ4v) is 2.10. The molecule has 0 aromatic heterocycles. The van der Waals surface area contributed by atoms with Crippen LogP contribution < -0.4 is 10.1 Å². The van der Waals surface area contributed by atoms with Crippen molar-refractivity contribution >= 4 is 5.91 Å². The largest absolute Gasteiger partial charge is 0.573 e. The summed E-state index contributed by atoms with van der Waals surface area (Å²) in [5.74, 6) is -0.514. The standard InChI is InChI=1S/C13H15F3N2O2/c1-9-8-18(7-6-17-9)12(19)10-2-4-11(5-3-10)20-13(14,15)16/h2-5,9,17H,6-8H2,1H3/t9-/m1/s1. The smallest absolute Gasteiger partial charge is 0.406 e. The Bertz CT molecular complexity index is 473. The first kappa shape index (κ1) is 14.6. The molecule has 0 bridgehead atoms. The molecule has 1 heterocycles. The molecule has 0 unspecified atom stereocenters. The molecule has 7 heteroatoms. The fraction of sp³-hybridized carbons (Fsp3) is 0.462. The van der Waals surface area contributed by atoms with Crippen molar-refractivity contribution in [2.24, 2.45) is 0 Å². The summed E-state index contributed by atoms with van der Waals surface area (Å²) in [4.78, 5) is 13.9. The minimum Gasteiger partial charge on any atom is -0.406 e. The number of nitrogens with one attached hydrogen (secondary N) is 1. The molecule has 1 N–H and O–H groups in total. The van der Waals surface area contributed by atoms with Crippen LogP contribution in [0.3, 0.4) is 0 Å². The summed E-state index contributed by atoms with van der Waals surface area (Å²) in [5, 5.41) is 3.21. The highest BCUT2D eigenvalue weighted by molar-refractivity contribution is 5.94. The molecule has 1 atom stereocenters. The summed E-state index contributed by atoms with van der Waals surface area (Å²) in [6, 6.07) is 5.19. The zero-order chi connectivity index (χ0) is 14.8. The molecule has 110 valence electrons. The maximum Gasteiger partial charge on any atom is 0.573 e. The molecule has 1 saturated heterocycles. The van der Waals surface area contributed by atoms with Gasteiger partial charge in [-0.3, -0.25) is 4.79 Å². The van der Waals surface area contributed by atoms with Crippen LogP contribution in [0.4, 0.5) is 13.2 Å². The predicted molar refractivity (Wildman–Crippen MR) is 66.5 cm³/mol. The molecule has 20 heavy (non-hydrogen) atoms. The van der Waals surface area contributed by atoms with Gasteiger partial charge in [-0.1, -0.05) is 0 Å².